The lowest BCUT2D eigenvalue weighted by molar-refractivity contribution is -0.146. The van der Waals surface area contributed by atoms with Crippen molar-refractivity contribution in [2.75, 3.05) is 0 Å². The molecule has 0 fully saturated rings. The summed E-state index contributed by atoms with van der Waals surface area (Å²) in [6.45, 7) is 1.76. The lowest BCUT2D eigenvalue weighted by Gasteiger charge is -2.09. The first-order valence-electron chi connectivity index (χ1n) is 4.03. The van der Waals surface area contributed by atoms with Crippen molar-refractivity contribution in [2.45, 2.75) is 13.0 Å². The summed E-state index contributed by atoms with van der Waals surface area (Å²) in [6.07, 6.45) is -1.11. The smallest absolute Gasteiger partial charge is 0.337 e. The Kier molecular flexibility index (Phi) is 2.99. The van der Waals surface area contributed by atoms with E-state index in [0.29, 0.717) is 6.29 Å². The van der Waals surface area contributed by atoms with Crippen LogP contribution in [0.5, 0.6) is 0 Å². The Labute approximate surface area is 80.8 Å². The van der Waals surface area contributed by atoms with Gasteiger partial charge in [0.2, 0.25) is 0 Å². The second kappa shape index (κ2) is 4.02. The Morgan fingerprint density at radius 2 is 2.14 bits per heavy atom. The van der Waals surface area contributed by atoms with Crippen molar-refractivity contribution < 1.29 is 19.8 Å². The van der Waals surface area contributed by atoms with Crippen molar-refractivity contribution >= 4 is 12.3 Å². The van der Waals surface area contributed by atoms with E-state index in [1.165, 1.54) is 12.1 Å². The van der Waals surface area contributed by atoms with Crippen LogP contribution in [0.25, 0.3) is 0 Å². The number of hydrogen-bond donors (Lipinski definition) is 2. The number of aryl methyl sites for hydroxylation is 1. The van der Waals surface area contributed by atoms with Crippen LogP contribution in [-0.2, 0) is 4.79 Å². The molecule has 0 aromatic heterocycles. The highest BCUT2D eigenvalue weighted by molar-refractivity contribution is 5.83. The van der Waals surface area contributed by atoms with Crippen LogP contribution in [0, 0.1) is 6.92 Å². The maximum absolute atomic E-state index is 10.6. The molecule has 2 N–H and O–H groups in total. The van der Waals surface area contributed by atoms with E-state index in [9.17, 15) is 14.7 Å². The fourth-order valence-electron chi connectivity index (χ4n) is 1.17. The number of aliphatic carboxylic acids is 1. The first-order chi connectivity index (χ1) is 6.56. The molecule has 0 saturated heterocycles. The van der Waals surface area contributed by atoms with Crippen LogP contribution in [-0.4, -0.2) is 22.5 Å². The summed E-state index contributed by atoms with van der Waals surface area (Å²) in [7, 11) is 0. The Morgan fingerprint density at radius 3 is 2.64 bits per heavy atom. The van der Waals surface area contributed by atoms with Crippen LogP contribution >= 0.6 is 0 Å². The highest BCUT2D eigenvalue weighted by Gasteiger charge is 2.19. The van der Waals surface area contributed by atoms with Gasteiger partial charge in [0.25, 0.3) is 0 Å². The molecule has 0 radical (unpaired) electrons. The number of rotatable bonds is 3. The van der Waals surface area contributed by atoms with Crippen molar-refractivity contribution in [1.82, 2.24) is 0 Å². The van der Waals surface area contributed by atoms with Gasteiger partial charge in [0.05, 0.1) is 0 Å². The van der Waals surface area contributed by atoms with Crippen molar-refractivity contribution in [2.24, 2.45) is 0 Å². The molecule has 1 aromatic carbocycles. The van der Waals surface area contributed by atoms with E-state index in [1.807, 2.05) is 0 Å². The molecular weight excluding hydrogens is 184 g/mol. The van der Waals surface area contributed by atoms with Crippen LogP contribution in [0.15, 0.2) is 18.2 Å². The summed E-state index contributed by atoms with van der Waals surface area (Å²) in [5.41, 5.74) is 1.13. The second-order valence-electron chi connectivity index (χ2n) is 2.99. The highest BCUT2D eigenvalue weighted by Crippen LogP contribution is 2.18. The van der Waals surface area contributed by atoms with Crippen LogP contribution < -0.4 is 0 Å². The molecular formula is C10H10O4. The zero-order valence-corrected chi connectivity index (χ0v) is 7.60. The molecule has 0 heterocycles. The molecule has 1 unspecified atom stereocenters. The van der Waals surface area contributed by atoms with Crippen LogP contribution in [0.1, 0.15) is 27.6 Å². The first kappa shape index (κ1) is 10.4. The van der Waals surface area contributed by atoms with Gasteiger partial charge in [-0.25, -0.2) is 4.79 Å². The number of benzene rings is 1. The Bertz CT molecular complexity index is 370. The van der Waals surface area contributed by atoms with Gasteiger partial charge < -0.3 is 10.2 Å². The number of carbonyl (C=O) groups is 2. The van der Waals surface area contributed by atoms with Gasteiger partial charge in [0.15, 0.2) is 6.10 Å². The van der Waals surface area contributed by atoms with Gasteiger partial charge in [0, 0.05) is 11.1 Å². The zero-order valence-electron chi connectivity index (χ0n) is 7.60. The van der Waals surface area contributed by atoms with E-state index in [1.54, 1.807) is 13.0 Å². The number of hydrogen-bond acceptors (Lipinski definition) is 3. The van der Waals surface area contributed by atoms with Gasteiger partial charge in [0.1, 0.15) is 6.29 Å². The number of aliphatic hydroxyl groups is 1. The van der Waals surface area contributed by atoms with Crippen molar-refractivity contribution in [3.63, 3.8) is 0 Å². The fraction of sp³-hybridized carbons (Fsp3) is 0.200. The number of carbonyl (C=O) groups excluding carboxylic acids is 1. The third-order valence-electron chi connectivity index (χ3n) is 1.90. The molecule has 0 aliphatic heterocycles. The predicted octanol–water partition coefficient (Wildman–Crippen LogP) is 0.926. The van der Waals surface area contributed by atoms with E-state index in [-0.39, 0.29) is 11.1 Å². The average Bonchev–Trinajstić information content (AvgIpc) is 2.16. The summed E-state index contributed by atoms with van der Waals surface area (Å²) in [5.74, 6) is -1.36. The molecule has 14 heavy (non-hydrogen) atoms. The normalized spacial score (nSPS) is 12.1. The number of carboxylic acid groups (broad SMARTS) is 1. The van der Waals surface area contributed by atoms with Gasteiger partial charge in [-0.05, 0) is 6.92 Å². The Hall–Kier alpha value is -1.68. The lowest BCUT2D eigenvalue weighted by atomic mass is 10.0. The van der Waals surface area contributed by atoms with Gasteiger partial charge in [-0.1, -0.05) is 23.8 Å². The summed E-state index contributed by atoms with van der Waals surface area (Å²) >= 11 is 0. The summed E-state index contributed by atoms with van der Waals surface area (Å²) < 4.78 is 0. The van der Waals surface area contributed by atoms with E-state index >= 15 is 0 Å². The molecule has 4 nitrogen and oxygen atoms in total. The molecule has 1 atom stereocenters. The molecule has 1 rings (SSSR count). The summed E-state index contributed by atoms with van der Waals surface area (Å²) in [5, 5.41) is 17.9. The Balaban J connectivity index is 3.23. The molecule has 0 aliphatic carbocycles. The monoisotopic (exact) mass is 194 g/mol. The van der Waals surface area contributed by atoms with E-state index in [4.69, 9.17) is 5.11 Å². The molecule has 0 bridgehead atoms. The van der Waals surface area contributed by atoms with E-state index in [0.717, 1.165) is 5.56 Å². The quantitative estimate of drug-likeness (QED) is 0.702. The maximum atomic E-state index is 10.6. The summed E-state index contributed by atoms with van der Waals surface area (Å²) in [4.78, 5) is 21.1. The number of aldehydes is 1. The fourth-order valence-corrected chi connectivity index (χ4v) is 1.17. The summed E-state index contributed by atoms with van der Waals surface area (Å²) in [6, 6.07) is 4.66. The van der Waals surface area contributed by atoms with Gasteiger partial charge in [-0.2, -0.15) is 0 Å². The molecule has 74 valence electrons. The Morgan fingerprint density at radius 1 is 1.50 bits per heavy atom. The molecule has 1 aromatic rings. The second-order valence-corrected chi connectivity index (χ2v) is 2.99. The molecule has 0 spiro atoms. The SMILES string of the molecule is Cc1ccc(C=O)c(C(O)C(=O)O)c1. The van der Waals surface area contributed by atoms with Crippen LogP contribution in [0.4, 0.5) is 0 Å². The van der Waals surface area contributed by atoms with Crippen molar-refractivity contribution in [3.05, 3.63) is 34.9 Å². The standard InChI is InChI=1S/C10H10O4/c1-6-2-3-7(5-11)8(4-6)9(12)10(13)14/h2-5,9,12H,1H3,(H,13,14). The molecule has 0 aliphatic rings. The van der Waals surface area contributed by atoms with Crippen molar-refractivity contribution in [3.8, 4) is 0 Å². The van der Waals surface area contributed by atoms with E-state index in [2.05, 4.69) is 0 Å². The number of aliphatic hydroxyl groups excluding tert-OH is 1. The number of carboxylic acids is 1. The first-order valence-corrected chi connectivity index (χ1v) is 4.03. The molecule has 0 amide bonds. The van der Waals surface area contributed by atoms with Crippen LogP contribution in [0.3, 0.4) is 0 Å². The van der Waals surface area contributed by atoms with Gasteiger partial charge in [-0.3, -0.25) is 4.79 Å². The van der Waals surface area contributed by atoms with Gasteiger partial charge in [-0.15, -0.1) is 0 Å². The van der Waals surface area contributed by atoms with Crippen LogP contribution in [0.2, 0.25) is 0 Å². The minimum atomic E-state index is -1.64. The highest BCUT2D eigenvalue weighted by atomic mass is 16.4. The minimum Gasteiger partial charge on any atom is -0.479 e. The lowest BCUT2D eigenvalue weighted by Crippen LogP contribution is -2.12. The molecule has 0 saturated carbocycles. The third kappa shape index (κ3) is 1.97. The average molecular weight is 194 g/mol. The molecule has 4 heteroatoms. The topological polar surface area (TPSA) is 74.6 Å². The van der Waals surface area contributed by atoms with Crippen molar-refractivity contribution in [1.29, 1.82) is 0 Å². The maximum Gasteiger partial charge on any atom is 0.337 e. The minimum absolute atomic E-state index is 0.132. The third-order valence-corrected chi connectivity index (χ3v) is 1.90. The predicted molar refractivity (Wildman–Crippen MR) is 49.2 cm³/mol. The van der Waals surface area contributed by atoms with E-state index < -0.39 is 12.1 Å². The zero-order chi connectivity index (χ0) is 10.7. The largest absolute Gasteiger partial charge is 0.479 e. The van der Waals surface area contributed by atoms with Gasteiger partial charge >= 0.3 is 5.97 Å².